The minimum Gasteiger partial charge on any atom is -0.399 e. The first kappa shape index (κ1) is 14.6. The fourth-order valence-electron chi connectivity index (χ4n) is 2.43. The fourth-order valence-corrected chi connectivity index (χ4v) is 2.43. The van der Waals surface area contributed by atoms with E-state index in [-0.39, 0.29) is 0 Å². The highest BCUT2D eigenvalue weighted by molar-refractivity contribution is 5.40. The van der Waals surface area contributed by atoms with E-state index in [9.17, 15) is 0 Å². The van der Waals surface area contributed by atoms with Crippen LogP contribution in [0.25, 0.3) is 0 Å². The van der Waals surface area contributed by atoms with E-state index in [4.69, 9.17) is 5.73 Å². The topological polar surface area (TPSA) is 47.1 Å². The highest BCUT2D eigenvalue weighted by Crippen LogP contribution is 2.10. The number of nitrogens with two attached hydrogens (primary N) is 1. The number of aromatic nitrogens is 2. The third kappa shape index (κ3) is 4.70. The molecule has 2 rings (SSSR count). The average Bonchev–Trinajstić information content (AvgIpc) is 2.92. The Morgan fingerprint density at radius 1 is 1.30 bits per heavy atom. The maximum Gasteiger partial charge on any atom is 0.0945 e. The second-order valence-electron chi connectivity index (χ2n) is 5.18. The molecule has 0 fully saturated rings. The molecule has 0 saturated carbocycles. The molecule has 2 N–H and O–H groups in total. The smallest absolute Gasteiger partial charge is 0.0945 e. The molecule has 4 nitrogen and oxygen atoms in total. The van der Waals surface area contributed by atoms with Gasteiger partial charge in [-0.1, -0.05) is 19.1 Å². The summed E-state index contributed by atoms with van der Waals surface area (Å²) in [5.74, 6) is 0. The van der Waals surface area contributed by atoms with E-state index < -0.39 is 0 Å². The molecule has 2 aromatic rings. The molecular formula is C16H24N4. The summed E-state index contributed by atoms with van der Waals surface area (Å²) in [6.07, 6.45) is 8.03. The molecule has 0 unspecified atom stereocenters. The largest absolute Gasteiger partial charge is 0.399 e. The predicted octanol–water partition coefficient (Wildman–Crippen LogP) is 2.77. The van der Waals surface area contributed by atoms with Crippen LogP contribution in [0.2, 0.25) is 0 Å². The second-order valence-corrected chi connectivity index (χ2v) is 5.18. The molecule has 0 radical (unpaired) electrons. The van der Waals surface area contributed by atoms with Gasteiger partial charge in [0.15, 0.2) is 0 Å². The van der Waals surface area contributed by atoms with Gasteiger partial charge in [-0.25, -0.2) is 4.98 Å². The maximum absolute atomic E-state index is 5.84. The quantitative estimate of drug-likeness (QED) is 0.752. The van der Waals surface area contributed by atoms with Crippen molar-refractivity contribution >= 4 is 5.69 Å². The lowest BCUT2D eigenvalue weighted by molar-refractivity contribution is 0.257. The van der Waals surface area contributed by atoms with E-state index in [1.54, 1.807) is 0 Å². The summed E-state index contributed by atoms with van der Waals surface area (Å²) in [7, 11) is 0. The van der Waals surface area contributed by atoms with E-state index in [0.717, 1.165) is 38.3 Å². The average molecular weight is 272 g/mol. The summed E-state index contributed by atoms with van der Waals surface area (Å²) in [4.78, 5) is 6.56. The summed E-state index contributed by atoms with van der Waals surface area (Å²) in [6.45, 7) is 6.45. The molecule has 108 valence electrons. The Labute approximate surface area is 121 Å². The normalized spacial score (nSPS) is 11.1. The zero-order valence-corrected chi connectivity index (χ0v) is 12.2. The molecule has 1 heterocycles. The van der Waals surface area contributed by atoms with Crippen molar-refractivity contribution in [2.24, 2.45) is 0 Å². The van der Waals surface area contributed by atoms with Crippen molar-refractivity contribution < 1.29 is 0 Å². The maximum atomic E-state index is 5.84. The molecule has 1 aromatic heterocycles. The molecule has 20 heavy (non-hydrogen) atoms. The Morgan fingerprint density at radius 3 is 2.90 bits per heavy atom. The lowest BCUT2D eigenvalue weighted by atomic mass is 10.2. The van der Waals surface area contributed by atoms with Crippen LogP contribution in [-0.4, -0.2) is 27.5 Å². The fraction of sp³-hybridized carbons (Fsp3) is 0.438. The van der Waals surface area contributed by atoms with Crippen molar-refractivity contribution in [3.63, 3.8) is 0 Å². The van der Waals surface area contributed by atoms with Crippen molar-refractivity contribution in [1.82, 2.24) is 14.5 Å². The predicted molar refractivity (Wildman–Crippen MR) is 83.3 cm³/mol. The van der Waals surface area contributed by atoms with Crippen LogP contribution in [0.4, 0.5) is 5.69 Å². The van der Waals surface area contributed by atoms with Crippen LogP contribution in [0, 0.1) is 0 Å². The van der Waals surface area contributed by atoms with E-state index in [1.165, 1.54) is 12.0 Å². The number of rotatable bonds is 8. The molecule has 0 atom stereocenters. The van der Waals surface area contributed by atoms with Gasteiger partial charge in [-0.3, -0.25) is 4.90 Å². The second kappa shape index (κ2) is 7.70. The van der Waals surface area contributed by atoms with Gasteiger partial charge in [0.05, 0.1) is 6.33 Å². The van der Waals surface area contributed by atoms with Crippen molar-refractivity contribution in [3.8, 4) is 0 Å². The zero-order valence-electron chi connectivity index (χ0n) is 12.2. The van der Waals surface area contributed by atoms with Gasteiger partial charge >= 0.3 is 0 Å². The van der Waals surface area contributed by atoms with E-state index >= 15 is 0 Å². The van der Waals surface area contributed by atoms with Crippen LogP contribution >= 0.6 is 0 Å². The Kier molecular flexibility index (Phi) is 5.62. The van der Waals surface area contributed by atoms with Crippen LogP contribution in [0.3, 0.4) is 0 Å². The lowest BCUT2D eigenvalue weighted by Crippen LogP contribution is -2.26. The molecule has 0 bridgehead atoms. The van der Waals surface area contributed by atoms with Crippen LogP contribution < -0.4 is 5.73 Å². The third-order valence-corrected chi connectivity index (χ3v) is 3.35. The summed E-state index contributed by atoms with van der Waals surface area (Å²) in [5, 5.41) is 0. The van der Waals surface area contributed by atoms with Crippen molar-refractivity contribution in [2.75, 3.05) is 18.8 Å². The molecular weight excluding hydrogens is 248 g/mol. The van der Waals surface area contributed by atoms with E-state index in [1.807, 2.05) is 30.9 Å². The number of hydrogen-bond acceptors (Lipinski definition) is 3. The summed E-state index contributed by atoms with van der Waals surface area (Å²) < 4.78 is 2.13. The number of hydrogen-bond donors (Lipinski definition) is 1. The number of aryl methyl sites for hydroxylation is 1. The summed E-state index contributed by atoms with van der Waals surface area (Å²) >= 11 is 0. The van der Waals surface area contributed by atoms with Gasteiger partial charge < -0.3 is 10.3 Å². The number of benzene rings is 1. The number of imidazole rings is 1. The Morgan fingerprint density at radius 2 is 2.20 bits per heavy atom. The minimum atomic E-state index is 0.845. The van der Waals surface area contributed by atoms with Crippen LogP contribution in [0.5, 0.6) is 0 Å². The molecule has 0 spiro atoms. The molecule has 0 aliphatic rings. The van der Waals surface area contributed by atoms with E-state index in [0.29, 0.717) is 0 Å². The summed E-state index contributed by atoms with van der Waals surface area (Å²) in [5.41, 5.74) is 7.98. The highest BCUT2D eigenvalue weighted by atomic mass is 15.1. The van der Waals surface area contributed by atoms with Gasteiger partial charge in [0.2, 0.25) is 0 Å². The van der Waals surface area contributed by atoms with Gasteiger partial charge in [0, 0.05) is 37.7 Å². The molecule has 1 aromatic carbocycles. The van der Waals surface area contributed by atoms with E-state index in [2.05, 4.69) is 33.5 Å². The Bertz CT molecular complexity index is 493. The van der Waals surface area contributed by atoms with Crippen molar-refractivity contribution in [1.29, 1.82) is 0 Å². The zero-order chi connectivity index (χ0) is 14.2. The number of nitrogen functional groups attached to an aromatic ring is 1. The van der Waals surface area contributed by atoms with Gasteiger partial charge in [0.25, 0.3) is 0 Å². The van der Waals surface area contributed by atoms with Gasteiger partial charge in [-0.2, -0.15) is 0 Å². The van der Waals surface area contributed by atoms with Crippen LogP contribution in [0.1, 0.15) is 25.3 Å². The molecule has 0 aliphatic heterocycles. The standard InChI is InChI=1S/C16H24N4/c1-2-8-19(9-4-10-20-11-7-18-14-20)13-15-5-3-6-16(17)12-15/h3,5-7,11-12,14H,2,4,8-10,13,17H2,1H3. The van der Waals surface area contributed by atoms with Crippen LogP contribution in [-0.2, 0) is 13.1 Å². The van der Waals surface area contributed by atoms with Crippen molar-refractivity contribution in [3.05, 3.63) is 48.5 Å². The van der Waals surface area contributed by atoms with Crippen molar-refractivity contribution in [2.45, 2.75) is 32.9 Å². The van der Waals surface area contributed by atoms with Gasteiger partial charge in [-0.15, -0.1) is 0 Å². The highest BCUT2D eigenvalue weighted by Gasteiger charge is 2.05. The van der Waals surface area contributed by atoms with Gasteiger partial charge in [0.1, 0.15) is 0 Å². The lowest BCUT2D eigenvalue weighted by Gasteiger charge is -2.22. The summed E-state index contributed by atoms with van der Waals surface area (Å²) in [6, 6.07) is 8.18. The van der Waals surface area contributed by atoms with Crippen LogP contribution in [0.15, 0.2) is 43.0 Å². The minimum absolute atomic E-state index is 0.845. The first-order chi connectivity index (χ1) is 9.78. The van der Waals surface area contributed by atoms with Gasteiger partial charge in [-0.05, 0) is 37.1 Å². The first-order valence-corrected chi connectivity index (χ1v) is 7.30. The first-order valence-electron chi connectivity index (χ1n) is 7.30. The molecule has 0 aliphatic carbocycles. The Hall–Kier alpha value is -1.81. The molecule has 0 saturated heterocycles. The molecule has 4 heteroatoms. The Balaban J connectivity index is 1.83. The number of anilines is 1. The SMILES string of the molecule is CCCN(CCCn1ccnc1)Cc1cccc(N)c1. The molecule has 0 amide bonds. The monoisotopic (exact) mass is 272 g/mol. The number of nitrogens with zero attached hydrogens (tertiary/aromatic N) is 3. The third-order valence-electron chi connectivity index (χ3n) is 3.35.